The zero-order valence-corrected chi connectivity index (χ0v) is 11.3. The van der Waals surface area contributed by atoms with E-state index in [1.54, 1.807) is 0 Å². The van der Waals surface area contributed by atoms with Gasteiger partial charge in [0.05, 0.1) is 12.6 Å². The highest BCUT2D eigenvalue weighted by Crippen LogP contribution is 2.13. The van der Waals surface area contributed by atoms with Gasteiger partial charge in [-0.15, -0.1) is 23.2 Å². The third-order valence-corrected chi connectivity index (χ3v) is 2.92. The summed E-state index contributed by atoms with van der Waals surface area (Å²) in [6, 6.07) is -1.07. The average Bonchev–Trinajstić information content (AvgIpc) is 2.38. The Morgan fingerprint density at radius 1 is 1.11 bits per heavy atom. The van der Waals surface area contributed by atoms with Gasteiger partial charge < -0.3 is 25.2 Å². The number of aliphatic hydroxyl groups is 4. The molecule has 4 atom stereocenters. The van der Waals surface area contributed by atoms with E-state index < -0.39 is 31.0 Å². The molecule has 0 saturated carbocycles. The van der Waals surface area contributed by atoms with Crippen molar-refractivity contribution in [1.29, 1.82) is 0 Å². The van der Waals surface area contributed by atoms with Gasteiger partial charge in [-0.1, -0.05) is 0 Å². The predicted molar refractivity (Wildman–Crippen MR) is 68.0 cm³/mol. The molecule has 8 heteroatoms. The molecule has 0 aliphatic rings. The number of nitrogens with zero attached hydrogens (tertiary/aromatic N) is 1. The topological polar surface area (TPSA) is 101 Å². The number of hydrogen-bond acceptors (Lipinski definition) is 6. The minimum absolute atomic E-state index is 0.209. The van der Waals surface area contributed by atoms with Crippen LogP contribution in [0.15, 0.2) is 0 Å². The lowest BCUT2D eigenvalue weighted by Crippen LogP contribution is -2.57. The summed E-state index contributed by atoms with van der Waals surface area (Å²) >= 11 is 11.2. The van der Waals surface area contributed by atoms with Crippen LogP contribution in [0.3, 0.4) is 0 Å². The fourth-order valence-corrected chi connectivity index (χ4v) is 2.11. The molecule has 0 saturated heterocycles. The Labute approximate surface area is 116 Å². The normalized spacial score (nSPS) is 18.4. The lowest BCUT2D eigenvalue weighted by molar-refractivity contribution is -0.127. The molecule has 0 aromatic carbocycles. The van der Waals surface area contributed by atoms with Crippen LogP contribution in [0.4, 0.5) is 0 Å². The van der Waals surface area contributed by atoms with Crippen molar-refractivity contribution in [1.82, 2.24) is 4.90 Å². The highest BCUT2D eigenvalue weighted by Gasteiger charge is 2.35. The molecule has 0 aliphatic heterocycles. The summed E-state index contributed by atoms with van der Waals surface area (Å²) in [5, 5.41) is 37.7. The Balaban J connectivity index is 4.97. The van der Waals surface area contributed by atoms with Crippen molar-refractivity contribution < 1.29 is 25.2 Å². The van der Waals surface area contributed by atoms with Crippen molar-refractivity contribution in [3.8, 4) is 0 Å². The summed E-state index contributed by atoms with van der Waals surface area (Å²) in [6.07, 6.45) is -4.19. The van der Waals surface area contributed by atoms with E-state index in [0.29, 0.717) is 0 Å². The van der Waals surface area contributed by atoms with E-state index in [-0.39, 0.29) is 31.1 Å². The van der Waals surface area contributed by atoms with Crippen LogP contribution in [0.2, 0.25) is 0 Å². The number of carbonyl (C=O) groups is 1. The van der Waals surface area contributed by atoms with Gasteiger partial charge in [0.25, 0.3) is 0 Å². The van der Waals surface area contributed by atoms with E-state index in [2.05, 4.69) is 0 Å². The molecule has 0 aliphatic carbocycles. The maximum atomic E-state index is 10.7. The molecule has 0 fully saturated rings. The maximum absolute atomic E-state index is 10.7. The standard InChI is InChI=1S/C10H19Cl2NO5/c11-1-3-13(4-2-12)9(7(16)5-14)10(18)8(17)6-15/h5,7-10,15-18H,1-4,6H2/t7-,8+,9-,10+/m0/s1. The predicted octanol–water partition coefficient (Wildman–Crippen LogP) is -1.59. The minimum atomic E-state index is -1.51. The zero-order chi connectivity index (χ0) is 14.1. The van der Waals surface area contributed by atoms with Crippen molar-refractivity contribution in [3.63, 3.8) is 0 Å². The molecule has 4 N–H and O–H groups in total. The molecule has 0 bridgehead atoms. The molecule has 6 nitrogen and oxygen atoms in total. The van der Waals surface area contributed by atoms with Gasteiger partial charge in [0, 0.05) is 24.8 Å². The van der Waals surface area contributed by atoms with E-state index in [9.17, 15) is 20.1 Å². The van der Waals surface area contributed by atoms with Gasteiger partial charge in [-0.25, -0.2) is 0 Å². The Morgan fingerprint density at radius 3 is 1.94 bits per heavy atom. The van der Waals surface area contributed by atoms with Crippen LogP contribution in [0.1, 0.15) is 0 Å². The zero-order valence-electron chi connectivity index (χ0n) is 9.82. The van der Waals surface area contributed by atoms with Crippen LogP contribution in [0.25, 0.3) is 0 Å². The van der Waals surface area contributed by atoms with Gasteiger partial charge in [-0.3, -0.25) is 4.90 Å². The number of halogens is 2. The minimum Gasteiger partial charge on any atom is -0.394 e. The smallest absolute Gasteiger partial charge is 0.150 e. The molecule has 0 radical (unpaired) electrons. The number of alkyl halides is 2. The highest BCUT2D eigenvalue weighted by atomic mass is 35.5. The first-order chi connectivity index (χ1) is 8.53. The summed E-state index contributed by atoms with van der Waals surface area (Å²) in [7, 11) is 0. The Hall–Kier alpha value is 0.0500. The molecule has 0 rings (SSSR count). The van der Waals surface area contributed by atoms with Crippen molar-refractivity contribution in [3.05, 3.63) is 0 Å². The monoisotopic (exact) mass is 303 g/mol. The molecule has 0 heterocycles. The first-order valence-electron chi connectivity index (χ1n) is 5.49. The summed E-state index contributed by atoms with van der Waals surface area (Å²) in [5.41, 5.74) is 0. The van der Waals surface area contributed by atoms with E-state index in [1.165, 1.54) is 4.90 Å². The number of carbonyl (C=O) groups excluding carboxylic acids is 1. The second-order valence-electron chi connectivity index (χ2n) is 3.77. The molecule has 0 aromatic rings. The van der Waals surface area contributed by atoms with E-state index in [1.807, 2.05) is 0 Å². The number of aliphatic hydroxyl groups excluding tert-OH is 4. The first kappa shape index (κ1) is 18.0. The molecule has 0 unspecified atom stereocenters. The van der Waals surface area contributed by atoms with Crippen molar-refractivity contribution in [2.45, 2.75) is 24.4 Å². The van der Waals surface area contributed by atoms with E-state index in [0.717, 1.165) is 0 Å². The Kier molecular flexibility index (Phi) is 9.94. The highest BCUT2D eigenvalue weighted by molar-refractivity contribution is 6.18. The first-order valence-corrected chi connectivity index (χ1v) is 6.56. The molecule has 0 spiro atoms. The molecular formula is C10H19Cl2NO5. The fourth-order valence-electron chi connectivity index (χ4n) is 1.68. The van der Waals surface area contributed by atoms with Crippen LogP contribution >= 0.6 is 23.2 Å². The van der Waals surface area contributed by atoms with Gasteiger partial charge in [-0.05, 0) is 0 Å². The second kappa shape index (κ2) is 9.91. The van der Waals surface area contributed by atoms with E-state index in [4.69, 9.17) is 28.3 Å². The van der Waals surface area contributed by atoms with Gasteiger partial charge in [0.15, 0.2) is 0 Å². The van der Waals surface area contributed by atoms with Crippen molar-refractivity contribution in [2.24, 2.45) is 0 Å². The number of aldehydes is 1. The summed E-state index contributed by atoms with van der Waals surface area (Å²) in [4.78, 5) is 12.2. The summed E-state index contributed by atoms with van der Waals surface area (Å²) < 4.78 is 0. The number of hydrogen-bond donors (Lipinski definition) is 4. The summed E-state index contributed by atoms with van der Waals surface area (Å²) in [5.74, 6) is 0.418. The van der Waals surface area contributed by atoms with Gasteiger partial charge in [-0.2, -0.15) is 0 Å². The molecule has 18 heavy (non-hydrogen) atoms. The van der Waals surface area contributed by atoms with Crippen LogP contribution < -0.4 is 0 Å². The van der Waals surface area contributed by atoms with Crippen LogP contribution in [-0.2, 0) is 4.79 Å². The van der Waals surface area contributed by atoms with Crippen molar-refractivity contribution in [2.75, 3.05) is 31.5 Å². The quantitative estimate of drug-likeness (QED) is 0.287. The van der Waals surface area contributed by atoms with Crippen molar-refractivity contribution >= 4 is 29.5 Å². The summed E-state index contributed by atoms with van der Waals surface area (Å²) in [6.45, 7) is -0.128. The Bertz CT molecular complexity index is 228. The van der Waals surface area contributed by atoms with Gasteiger partial charge in [0.1, 0.15) is 24.6 Å². The molecule has 108 valence electrons. The third-order valence-electron chi connectivity index (χ3n) is 2.59. The fraction of sp³-hybridized carbons (Fsp3) is 0.900. The van der Waals surface area contributed by atoms with E-state index >= 15 is 0 Å². The third kappa shape index (κ3) is 5.36. The van der Waals surface area contributed by atoms with Gasteiger partial charge >= 0.3 is 0 Å². The lowest BCUT2D eigenvalue weighted by atomic mass is 9.99. The largest absolute Gasteiger partial charge is 0.394 e. The van der Waals surface area contributed by atoms with Crippen LogP contribution in [0, 0.1) is 0 Å². The van der Waals surface area contributed by atoms with Gasteiger partial charge in [0.2, 0.25) is 0 Å². The maximum Gasteiger partial charge on any atom is 0.150 e. The SMILES string of the molecule is O=C[C@H](O)[C@@H]([C@H](O)[C@H](O)CO)N(CCCl)CCCl. The molecule has 0 aromatic heterocycles. The van der Waals surface area contributed by atoms with Crippen LogP contribution in [-0.4, -0.2) is 87.4 Å². The Morgan fingerprint density at radius 2 is 1.61 bits per heavy atom. The van der Waals surface area contributed by atoms with Crippen LogP contribution in [0.5, 0.6) is 0 Å². The molecular weight excluding hydrogens is 285 g/mol. The number of rotatable bonds is 10. The molecule has 0 amide bonds. The average molecular weight is 304 g/mol. The second-order valence-corrected chi connectivity index (χ2v) is 4.53. The lowest BCUT2D eigenvalue weighted by Gasteiger charge is -2.36.